The molecule has 2 fully saturated rings. The first-order chi connectivity index (χ1) is 14.6. The summed E-state index contributed by atoms with van der Waals surface area (Å²) in [6.07, 6.45) is 6.46. The van der Waals surface area contributed by atoms with Gasteiger partial charge in [0.25, 0.3) is 0 Å². The van der Waals surface area contributed by atoms with Gasteiger partial charge in [0.2, 0.25) is 5.91 Å². The number of hydrogen-bond donors (Lipinski definition) is 3. The normalized spacial score (nSPS) is 26.0. The maximum atomic E-state index is 13.1. The number of likely N-dealkylation sites (tertiary alicyclic amines) is 1. The number of aliphatic hydroxyl groups is 1. The van der Waals surface area contributed by atoms with Gasteiger partial charge in [0.1, 0.15) is 5.82 Å². The lowest BCUT2D eigenvalue weighted by molar-refractivity contribution is -0.129. The fourth-order valence-electron chi connectivity index (χ4n) is 5.18. The van der Waals surface area contributed by atoms with Crippen molar-refractivity contribution in [3.8, 4) is 0 Å². The molecule has 7 nitrogen and oxygen atoms in total. The van der Waals surface area contributed by atoms with Gasteiger partial charge in [-0.3, -0.25) is 9.78 Å². The molecule has 0 spiro atoms. The van der Waals surface area contributed by atoms with Crippen LogP contribution in [0.15, 0.2) is 42.9 Å². The van der Waals surface area contributed by atoms with E-state index < -0.39 is 6.10 Å². The van der Waals surface area contributed by atoms with Crippen molar-refractivity contribution >= 4 is 22.6 Å². The maximum Gasteiger partial charge on any atom is 0.227 e. The summed E-state index contributed by atoms with van der Waals surface area (Å²) < 4.78 is 0. The van der Waals surface area contributed by atoms with Crippen LogP contribution < -0.4 is 5.32 Å². The summed E-state index contributed by atoms with van der Waals surface area (Å²) in [6, 6.07) is 8.08. The smallest absolute Gasteiger partial charge is 0.227 e. The van der Waals surface area contributed by atoms with Gasteiger partial charge in [0.05, 0.1) is 24.8 Å². The number of carbonyl (C=O) groups excluding carboxylic acids is 1. The van der Waals surface area contributed by atoms with E-state index in [9.17, 15) is 9.90 Å². The van der Waals surface area contributed by atoms with Gasteiger partial charge in [-0.1, -0.05) is 18.2 Å². The summed E-state index contributed by atoms with van der Waals surface area (Å²) in [7, 11) is 0. The predicted octanol–water partition coefficient (Wildman–Crippen LogP) is 2.52. The number of amides is 1. The quantitative estimate of drug-likeness (QED) is 0.620. The highest BCUT2D eigenvalue weighted by Crippen LogP contribution is 2.38. The van der Waals surface area contributed by atoms with E-state index in [2.05, 4.69) is 26.3 Å². The van der Waals surface area contributed by atoms with Gasteiger partial charge in [-0.15, -0.1) is 0 Å². The van der Waals surface area contributed by atoms with E-state index in [1.165, 1.54) is 0 Å². The zero-order valence-electron chi connectivity index (χ0n) is 17.1. The molecule has 1 aliphatic carbocycles. The predicted molar refractivity (Wildman–Crippen MR) is 115 cm³/mol. The third-order valence-corrected chi connectivity index (χ3v) is 6.75. The third-order valence-electron chi connectivity index (χ3n) is 6.75. The summed E-state index contributed by atoms with van der Waals surface area (Å²) in [5.74, 6) is 1.61. The molecule has 3 N–H and O–H groups in total. The summed E-state index contributed by atoms with van der Waals surface area (Å²) in [6.45, 7) is 3.53. The second-order valence-corrected chi connectivity index (χ2v) is 8.65. The van der Waals surface area contributed by atoms with E-state index in [0.717, 1.165) is 41.7 Å². The summed E-state index contributed by atoms with van der Waals surface area (Å²) in [5.41, 5.74) is 3.23. The van der Waals surface area contributed by atoms with Crippen LogP contribution in [0.1, 0.15) is 24.1 Å². The number of nitrogens with zero attached hydrogens (tertiary/aromatic N) is 3. The Kier molecular flexibility index (Phi) is 4.90. The van der Waals surface area contributed by atoms with Crippen molar-refractivity contribution in [2.75, 3.05) is 18.4 Å². The van der Waals surface area contributed by atoms with Crippen molar-refractivity contribution in [3.05, 3.63) is 54.1 Å². The molecule has 0 radical (unpaired) electrons. The second-order valence-electron chi connectivity index (χ2n) is 8.65. The second kappa shape index (κ2) is 7.72. The number of aliphatic hydroxyl groups excluding tert-OH is 1. The van der Waals surface area contributed by atoms with Crippen molar-refractivity contribution in [1.29, 1.82) is 0 Å². The molecule has 0 unspecified atom stereocenters. The van der Waals surface area contributed by atoms with Gasteiger partial charge in [-0.25, -0.2) is 4.98 Å². The number of para-hydroxylation sites is 1. The van der Waals surface area contributed by atoms with Gasteiger partial charge in [0, 0.05) is 42.1 Å². The molecule has 3 heterocycles. The minimum absolute atomic E-state index is 0.0612. The van der Waals surface area contributed by atoms with Gasteiger partial charge >= 0.3 is 0 Å². The number of anilines is 1. The molecule has 0 bridgehead atoms. The van der Waals surface area contributed by atoms with E-state index in [1.807, 2.05) is 30.0 Å². The Hall–Kier alpha value is -2.93. The van der Waals surface area contributed by atoms with E-state index >= 15 is 0 Å². The van der Waals surface area contributed by atoms with E-state index in [1.54, 1.807) is 18.6 Å². The van der Waals surface area contributed by atoms with Crippen LogP contribution in [-0.2, 0) is 11.2 Å². The lowest BCUT2D eigenvalue weighted by atomic mass is 9.77. The molecule has 7 heteroatoms. The molecule has 1 amide bonds. The highest BCUT2D eigenvalue weighted by molar-refractivity contribution is 5.90. The number of nitrogens with one attached hydrogen (secondary N) is 2. The monoisotopic (exact) mass is 405 g/mol. The standard InChI is InChI=1S/C23H27N5O2/c1-14-18(17-4-2-3-5-19(17)26-14)10-23(30)28-12-15-8-20(21(29)9-16(15)13-28)27-22-11-24-6-7-25-22/h2-7,11,15-16,20-21,26,29H,8-10,12-13H2,1H3,(H,25,27)/t15-,16+,20-,21-/m1/s1. The molecule has 5 rings (SSSR count). The summed E-state index contributed by atoms with van der Waals surface area (Å²) in [4.78, 5) is 26.8. The van der Waals surface area contributed by atoms with Crippen molar-refractivity contribution in [2.24, 2.45) is 11.8 Å². The molecular weight excluding hydrogens is 378 g/mol. The number of aromatic nitrogens is 3. The fourth-order valence-corrected chi connectivity index (χ4v) is 5.18. The van der Waals surface area contributed by atoms with Crippen molar-refractivity contribution < 1.29 is 9.90 Å². The molecule has 3 aromatic rings. The third kappa shape index (κ3) is 3.54. The topological polar surface area (TPSA) is 94.1 Å². The van der Waals surface area contributed by atoms with E-state index in [4.69, 9.17) is 0 Å². The first kappa shape index (κ1) is 19.1. The largest absolute Gasteiger partial charge is 0.391 e. The van der Waals surface area contributed by atoms with Gasteiger partial charge in [-0.2, -0.15) is 0 Å². The minimum atomic E-state index is -0.445. The Morgan fingerprint density at radius 3 is 2.83 bits per heavy atom. The van der Waals surface area contributed by atoms with Crippen LogP contribution >= 0.6 is 0 Å². The molecule has 2 aliphatic rings. The number of fused-ring (bicyclic) bond motifs is 2. The molecule has 30 heavy (non-hydrogen) atoms. The Bertz CT molecular complexity index is 1050. The van der Waals surface area contributed by atoms with Crippen LogP contribution in [0.2, 0.25) is 0 Å². The van der Waals surface area contributed by atoms with Crippen LogP contribution in [0.3, 0.4) is 0 Å². The first-order valence-electron chi connectivity index (χ1n) is 10.6. The van der Waals surface area contributed by atoms with Crippen molar-refractivity contribution in [1.82, 2.24) is 19.9 Å². The Balaban J connectivity index is 1.26. The zero-order valence-corrected chi connectivity index (χ0v) is 17.1. The lowest BCUT2D eigenvalue weighted by Crippen LogP contribution is -2.43. The molecule has 156 valence electrons. The number of rotatable bonds is 4. The average molecular weight is 406 g/mol. The Morgan fingerprint density at radius 2 is 2.03 bits per heavy atom. The molecule has 1 saturated carbocycles. The molecule has 1 aliphatic heterocycles. The maximum absolute atomic E-state index is 13.1. The van der Waals surface area contributed by atoms with Gasteiger partial charge < -0.3 is 20.3 Å². The first-order valence-corrected chi connectivity index (χ1v) is 10.6. The SMILES string of the molecule is Cc1[nH]c2ccccc2c1CC(=O)N1C[C@H]2C[C@@H](Nc3cnccn3)[C@H](O)C[C@H]2C1. The number of H-pyrrole nitrogens is 1. The van der Waals surface area contributed by atoms with Crippen LogP contribution in [-0.4, -0.2) is 56.1 Å². The number of hydrogen-bond acceptors (Lipinski definition) is 5. The Labute approximate surface area is 175 Å². The molecule has 1 saturated heterocycles. The van der Waals surface area contributed by atoms with Crippen LogP contribution in [0, 0.1) is 18.8 Å². The number of carbonyl (C=O) groups is 1. The Morgan fingerprint density at radius 1 is 1.23 bits per heavy atom. The van der Waals surface area contributed by atoms with Crippen LogP contribution in [0.5, 0.6) is 0 Å². The summed E-state index contributed by atoms with van der Waals surface area (Å²) >= 11 is 0. The van der Waals surface area contributed by atoms with E-state index in [-0.39, 0.29) is 11.9 Å². The molecule has 4 atom stereocenters. The van der Waals surface area contributed by atoms with Gasteiger partial charge in [-0.05, 0) is 43.2 Å². The zero-order chi connectivity index (χ0) is 20.7. The molecule has 2 aromatic heterocycles. The van der Waals surface area contributed by atoms with Crippen molar-refractivity contribution in [2.45, 2.75) is 38.3 Å². The fraction of sp³-hybridized carbons (Fsp3) is 0.435. The number of aryl methyl sites for hydroxylation is 1. The number of aromatic amines is 1. The average Bonchev–Trinajstić information content (AvgIpc) is 3.29. The number of benzene rings is 1. The highest BCUT2D eigenvalue weighted by atomic mass is 16.3. The van der Waals surface area contributed by atoms with Gasteiger partial charge in [0.15, 0.2) is 0 Å². The van der Waals surface area contributed by atoms with E-state index in [0.29, 0.717) is 30.5 Å². The van der Waals surface area contributed by atoms with Crippen LogP contribution in [0.4, 0.5) is 5.82 Å². The minimum Gasteiger partial charge on any atom is -0.391 e. The van der Waals surface area contributed by atoms with Crippen LogP contribution in [0.25, 0.3) is 10.9 Å². The molecule has 1 aromatic carbocycles. The summed E-state index contributed by atoms with van der Waals surface area (Å²) in [5, 5.41) is 15.1. The highest BCUT2D eigenvalue weighted by Gasteiger charge is 2.43. The molecular formula is C23H27N5O2. The van der Waals surface area contributed by atoms with Crippen molar-refractivity contribution in [3.63, 3.8) is 0 Å². The lowest BCUT2D eigenvalue weighted by Gasteiger charge is -2.35.